The van der Waals surface area contributed by atoms with Gasteiger partial charge in [0.1, 0.15) is 17.1 Å². The van der Waals surface area contributed by atoms with Crippen LogP contribution in [-0.2, 0) is 0 Å². The molecule has 0 radical (unpaired) electrons. The maximum absolute atomic E-state index is 11.7. The Morgan fingerprint density at radius 1 is 1.33 bits per heavy atom. The number of carbonyl (C=O) groups is 1. The third-order valence-corrected chi connectivity index (χ3v) is 3.92. The van der Waals surface area contributed by atoms with Gasteiger partial charge in [0.2, 0.25) is 0 Å². The topological polar surface area (TPSA) is 129 Å². The zero-order chi connectivity index (χ0) is 17.3. The SMILES string of the molecule is O=C(O)c1cnc(-c2ccc(N3CCCC3)c([N+](=O)[O-])c2)[nH]c1=O. The molecule has 1 aromatic heterocycles. The van der Waals surface area contributed by atoms with E-state index in [1.54, 1.807) is 12.1 Å². The minimum Gasteiger partial charge on any atom is -0.477 e. The molecule has 0 aliphatic carbocycles. The van der Waals surface area contributed by atoms with Gasteiger partial charge in [-0.3, -0.25) is 14.9 Å². The smallest absolute Gasteiger partial charge is 0.342 e. The Balaban J connectivity index is 2.04. The number of H-pyrrole nitrogens is 1. The monoisotopic (exact) mass is 330 g/mol. The Hall–Kier alpha value is -3.23. The number of nitro groups is 1. The van der Waals surface area contributed by atoms with Crippen molar-refractivity contribution in [1.29, 1.82) is 0 Å². The third kappa shape index (κ3) is 2.83. The van der Waals surface area contributed by atoms with Crippen molar-refractivity contribution in [2.24, 2.45) is 0 Å². The fourth-order valence-electron chi connectivity index (χ4n) is 2.74. The summed E-state index contributed by atoms with van der Waals surface area (Å²) >= 11 is 0. The van der Waals surface area contributed by atoms with Crippen molar-refractivity contribution in [3.63, 3.8) is 0 Å². The number of benzene rings is 1. The van der Waals surface area contributed by atoms with Crippen molar-refractivity contribution in [3.8, 4) is 11.4 Å². The molecule has 1 aliphatic rings. The van der Waals surface area contributed by atoms with E-state index in [1.807, 2.05) is 4.90 Å². The van der Waals surface area contributed by atoms with Gasteiger partial charge in [0.15, 0.2) is 0 Å². The molecule has 1 aromatic carbocycles. The molecule has 1 saturated heterocycles. The van der Waals surface area contributed by atoms with E-state index in [1.165, 1.54) is 6.07 Å². The van der Waals surface area contributed by atoms with E-state index in [4.69, 9.17) is 5.11 Å². The van der Waals surface area contributed by atoms with E-state index in [-0.39, 0.29) is 11.5 Å². The molecule has 1 fully saturated rings. The molecule has 2 heterocycles. The first-order valence-electron chi connectivity index (χ1n) is 7.34. The third-order valence-electron chi connectivity index (χ3n) is 3.92. The van der Waals surface area contributed by atoms with Gasteiger partial charge in [-0.1, -0.05) is 0 Å². The molecule has 2 N–H and O–H groups in total. The Morgan fingerprint density at radius 3 is 2.62 bits per heavy atom. The van der Waals surface area contributed by atoms with Gasteiger partial charge < -0.3 is 15.0 Å². The van der Waals surface area contributed by atoms with Gasteiger partial charge in [-0.25, -0.2) is 9.78 Å². The highest BCUT2D eigenvalue weighted by molar-refractivity contribution is 5.86. The van der Waals surface area contributed by atoms with Gasteiger partial charge in [-0.05, 0) is 25.0 Å². The molecule has 0 amide bonds. The highest BCUT2D eigenvalue weighted by atomic mass is 16.6. The largest absolute Gasteiger partial charge is 0.477 e. The molecule has 0 saturated carbocycles. The summed E-state index contributed by atoms with van der Waals surface area (Å²) < 4.78 is 0. The van der Waals surface area contributed by atoms with Crippen LogP contribution in [-0.4, -0.2) is 39.1 Å². The van der Waals surface area contributed by atoms with Crippen LogP contribution in [0.4, 0.5) is 11.4 Å². The van der Waals surface area contributed by atoms with Crippen LogP contribution < -0.4 is 10.5 Å². The summed E-state index contributed by atoms with van der Waals surface area (Å²) in [5, 5.41) is 20.2. The summed E-state index contributed by atoms with van der Waals surface area (Å²) in [5.41, 5.74) is -0.482. The number of anilines is 1. The number of aromatic amines is 1. The van der Waals surface area contributed by atoms with Crippen molar-refractivity contribution in [1.82, 2.24) is 9.97 Å². The van der Waals surface area contributed by atoms with Gasteiger partial charge in [-0.15, -0.1) is 0 Å². The first-order valence-corrected chi connectivity index (χ1v) is 7.34. The Morgan fingerprint density at radius 2 is 2.04 bits per heavy atom. The quantitative estimate of drug-likeness (QED) is 0.644. The fourth-order valence-corrected chi connectivity index (χ4v) is 2.74. The molecular formula is C15H14N4O5. The van der Waals surface area contributed by atoms with Gasteiger partial charge in [0, 0.05) is 30.9 Å². The summed E-state index contributed by atoms with van der Waals surface area (Å²) in [6.07, 6.45) is 2.92. The van der Waals surface area contributed by atoms with Crippen LogP contribution in [0.25, 0.3) is 11.4 Å². The van der Waals surface area contributed by atoms with Crippen LogP contribution in [0, 0.1) is 10.1 Å². The van der Waals surface area contributed by atoms with Crippen LogP contribution in [0.5, 0.6) is 0 Å². The number of nitrogens with zero attached hydrogens (tertiary/aromatic N) is 3. The molecular weight excluding hydrogens is 316 g/mol. The summed E-state index contributed by atoms with van der Waals surface area (Å²) in [6.45, 7) is 1.53. The molecule has 124 valence electrons. The zero-order valence-corrected chi connectivity index (χ0v) is 12.6. The van der Waals surface area contributed by atoms with E-state index < -0.39 is 22.0 Å². The van der Waals surface area contributed by atoms with Crippen LogP contribution in [0.1, 0.15) is 23.2 Å². The van der Waals surface area contributed by atoms with Gasteiger partial charge in [0.05, 0.1) is 4.92 Å². The number of nitro benzene ring substituents is 1. The normalized spacial score (nSPS) is 13.9. The lowest BCUT2D eigenvalue weighted by atomic mass is 10.1. The first-order chi connectivity index (χ1) is 11.5. The van der Waals surface area contributed by atoms with E-state index in [0.29, 0.717) is 11.3 Å². The minimum absolute atomic E-state index is 0.0700. The highest BCUT2D eigenvalue weighted by Crippen LogP contribution is 2.33. The lowest BCUT2D eigenvalue weighted by molar-refractivity contribution is -0.384. The minimum atomic E-state index is -1.38. The van der Waals surface area contributed by atoms with E-state index in [2.05, 4.69) is 9.97 Å². The maximum atomic E-state index is 11.7. The van der Waals surface area contributed by atoms with Crippen molar-refractivity contribution in [2.75, 3.05) is 18.0 Å². The number of aromatic nitrogens is 2. The summed E-state index contributed by atoms with van der Waals surface area (Å²) in [7, 11) is 0. The van der Waals surface area contributed by atoms with Crippen LogP contribution in [0.3, 0.4) is 0 Å². The number of aromatic carboxylic acids is 1. The Bertz CT molecular complexity index is 870. The predicted octanol–water partition coefficient (Wildman–Crippen LogP) is 1.64. The molecule has 2 aromatic rings. The Kier molecular flexibility index (Phi) is 3.98. The highest BCUT2D eigenvalue weighted by Gasteiger charge is 2.23. The maximum Gasteiger partial charge on any atom is 0.342 e. The van der Waals surface area contributed by atoms with Crippen molar-refractivity contribution in [3.05, 3.63) is 50.4 Å². The average Bonchev–Trinajstić information content (AvgIpc) is 3.08. The molecule has 9 nitrogen and oxygen atoms in total. The fraction of sp³-hybridized carbons (Fsp3) is 0.267. The summed E-state index contributed by atoms with van der Waals surface area (Å²) in [5.74, 6) is -1.30. The zero-order valence-electron chi connectivity index (χ0n) is 12.6. The molecule has 1 aliphatic heterocycles. The van der Waals surface area contributed by atoms with Crippen LogP contribution >= 0.6 is 0 Å². The molecule has 24 heavy (non-hydrogen) atoms. The molecule has 0 spiro atoms. The van der Waals surface area contributed by atoms with E-state index >= 15 is 0 Å². The van der Waals surface area contributed by atoms with E-state index in [9.17, 15) is 19.7 Å². The van der Waals surface area contributed by atoms with Gasteiger partial charge >= 0.3 is 5.97 Å². The second-order valence-electron chi connectivity index (χ2n) is 5.43. The van der Waals surface area contributed by atoms with Gasteiger partial charge in [0.25, 0.3) is 11.2 Å². The second kappa shape index (κ2) is 6.11. The molecule has 3 rings (SSSR count). The van der Waals surface area contributed by atoms with Crippen LogP contribution in [0.15, 0.2) is 29.2 Å². The lowest BCUT2D eigenvalue weighted by Crippen LogP contribution is -2.19. The number of nitrogens with one attached hydrogen (secondary N) is 1. The van der Waals surface area contributed by atoms with Crippen molar-refractivity contribution >= 4 is 17.3 Å². The summed E-state index contributed by atoms with van der Waals surface area (Å²) in [4.78, 5) is 41.7. The predicted molar refractivity (Wildman–Crippen MR) is 85.4 cm³/mol. The number of rotatable bonds is 4. The number of carboxylic acids is 1. The van der Waals surface area contributed by atoms with Crippen molar-refractivity contribution in [2.45, 2.75) is 12.8 Å². The first kappa shape index (κ1) is 15.7. The van der Waals surface area contributed by atoms with Crippen molar-refractivity contribution < 1.29 is 14.8 Å². The molecule has 0 atom stereocenters. The molecule has 0 unspecified atom stereocenters. The van der Waals surface area contributed by atoms with Crippen LogP contribution in [0.2, 0.25) is 0 Å². The summed E-state index contributed by atoms with van der Waals surface area (Å²) in [6, 6.07) is 4.59. The number of hydrogen-bond donors (Lipinski definition) is 2. The standard InChI is InChI=1S/C15H14N4O5/c20-14-10(15(21)22)8-16-13(17-14)9-3-4-11(12(7-9)19(23)24)18-5-1-2-6-18/h3-4,7-8H,1-2,5-6H2,(H,21,22)(H,16,17,20). The Labute approximate surface area is 135 Å². The molecule has 9 heteroatoms. The van der Waals surface area contributed by atoms with E-state index in [0.717, 1.165) is 32.1 Å². The number of carboxylic acid groups (broad SMARTS) is 1. The molecule has 0 bridgehead atoms. The number of hydrogen-bond acceptors (Lipinski definition) is 6. The van der Waals surface area contributed by atoms with Gasteiger partial charge in [-0.2, -0.15) is 0 Å². The second-order valence-corrected chi connectivity index (χ2v) is 5.43. The average molecular weight is 330 g/mol. The lowest BCUT2D eigenvalue weighted by Gasteiger charge is -2.17.